The van der Waals surface area contributed by atoms with E-state index in [2.05, 4.69) is 0 Å². The van der Waals surface area contributed by atoms with Crippen LogP contribution in [0.15, 0.2) is 30.3 Å². The number of rotatable bonds is 1. The fourth-order valence-electron chi connectivity index (χ4n) is 1.82. The summed E-state index contributed by atoms with van der Waals surface area (Å²) >= 11 is 1.36. The van der Waals surface area contributed by atoms with E-state index in [-0.39, 0.29) is 11.8 Å². The molecular weight excluding hydrogens is 235 g/mol. The summed E-state index contributed by atoms with van der Waals surface area (Å²) in [6.07, 6.45) is -4.25. The Balaban J connectivity index is 2.26. The van der Waals surface area contributed by atoms with Crippen LogP contribution in [-0.2, 0) is 0 Å². The highest BCUT2D eigenvalue weighted by Crippen LogP contribution is 2.46. The van der Waals surface area contributed by atoms with E-state index in [1.54, 1.807) is 24.3 Å². The number of thioether (sulfide) groups is 1. The van der Waals surface area contributed by atoms with Crippen LogP contribution in [0.5, 0.6) is 0 Å². The fraction of sp³-hybridized carbons (Fsp3) is 0.455. The van der Waals surface area contributed by atoms with Gasteiger partial charge < -0.3 is 0 Å². The molecule has 1 nitrogen and oxygen atoms in total. The molecule has 1 aliphatic rings. The van der Waals surface area contributed by atoms with Crippen molar-refractivity contribution in [2.24, 2.45) is 0 Å². The zero-order valence-corrected chi connectivity index (χ0v) is 9.55. The Hall–Kier alpha value is -0.680. The molecule has 0 bridgehead atoms. The van der Waals surface area contributed by atoms with E-state index in [9.17, 15) is 13.2 Å². The van der Waals surface area contributed by atoms with Gasteiger partial charge in [0.2, 0.25) is 0 Å². The van der Waals surface area contributed by atoms with Gasteiger partial charge in [0.25, 0.3) is 0 Å². The first kappa shape index (κ1) is 11.8. The predicted molar refractivity (Wildman–Crippen MR) is 59.0 cm³/mol. The zero-order chi connectivity index (χ0) is 11.8. The third-order valence-corrected chi connectivity index (χ3v) is 3.91. The highest BCUT2D eigenvalue weighted by Gasteiger charge is 2.47. The van der Waals surface area contributed by atoms with Crippen LogP contribution in [0.3, 0.4) is 0 Å². The van der Waals surface area contributed by atoms with Crippen LogP contribution in [0.25, 0.3) is 0 Å². The zero-order valence-electron chi connectivity index (χ0n) is 8.74. The lowest BCUT2D eigenvalue weighted by Crippen LogP contribution is -2.37. The van der Waals surface area contributed by atoms with E-state index in [0.29, 0.717) is 10.5 Å². The minimum absolute atomic E-state index is 0.00633. The summed E-state index contributed by atoms with van der Waals surface area (Å²) in [5.74, 6) is 0. The molecule has 1 aromatic rings. The Bertz CT molecular complexity index is 352. The van der Waals surface area contributed by atoms with E-state index in [1.807, 2.05) is 13.0 Å². The van der Waals surface area contributed by atoms with Gasteiger partial charge >= 0.3 is 6.30 Å². The fourth-order valence-corrected chi connectivity index (χ4v) is 3.18. The van der Waals surface area contributed by atoms with Gasteiger partial charge in [0.15, 0.2) is 0 Å². The van der Waals surface area contributed by atoms with Gasteiger partial charge in [-0.1, -0.05) is 37.3 Å². The summed E-state index contributed by atoms with van der Waals surface area (Å²) < 4.78 is 38.3. The summed E-state index contributed by atoms with van der Waals surface area (Å²) in [4.78, 5) is 0.609. The highest BCUT2D eigenvalue weighted by molar-refractivity contribution is 8.00. The molecule has 0 saturated carbocycles. The molecule has 1 aliphatic heterocycles. The van der Waals surface area contributed by atoms with Gasteiger partial charge in [0.1, 0.15) is 0 Å². The lowest BCUT2D eigenvalue weighted by atomic mass is 10.2. The first-order valence-corrected chi connectivity index (χ1v) is 5.96. The summed E-state index contributed by atoms with van der Waals surface area (Å²) in [5.41, 5.74) is 0.717. The van der Waals surface area contributed by atoms with Crippen molar-refractivity contribution in [3.63, 3.8) is 0 Å². The molecule has 2 unspecified atom stereocenters. The van der Waals surface area contributed by atoms with Crippen molar-refractivity contribution in [3.8, 4) is 0 Å². The number of alkyl halides is 3. The Morgan fingerprint density at radius 1 is 1.25 bits per heavy atom. The molecule has 0 radical (unpaired) electrons. The highest BCUT2D eigenvalue weighted by atomic mass is 32.2. The Morgan fingerprint density at radius 2 is 1.88 bits per heavy atom. The molecule has 0 aliphatic carbocycles. The van der Waals surface area contributed by atoms with Crippen LogP contribution in [0.4, 0.5) is 13.2 Å². The predicted octanol–water partition coefficient (Wildman–Crippen LogP) is 3.64. The number of benzene rings is 1. The largest absolute Gasteiger partial charge is 0.461 e. The average molecular weight is 247 g/mol. The molecule has 0 spiro atoms. The SMILES string of the molecule is CC1CN(C(F)(F)F)C(c2ccccc2)S1. The van der Waals surface area contributed by atoms with Crippen molar-refractivity contribution in [2.75, 3.05) is 6.54 Å². The maximum Gasteiger partial charge on any atom is 0.461 e. The molecule has 1 fully saturated rings. The number of halogens is 3. The van der Waals surface area contributed by atoms with Crippen LogP contribution < -0.4 is 0 Å². The lowest BCUT2D eigenvalue weighted by Gasteiger charge is -2.25. The van der Waals surface area contributed by atoms with Crippen molar-refractivity contribution in [1.29, 1.82) is 0 Å². The van der Waals surface area contributed by atoms with Gasteiger partial charge in [-0.15, -0.1) is 11.8 Å². The molecule has 1 heterocycles. The molecule has 2 atom stereocenters. The quantitative estimate of drug-likeness (QED) is 0.697. The van der Waals surface area contributed by atoms with Crippen molar-refractivity contribution in [1.82, 2.24) is 4.90 Å². The molecule has 1 aromatic carbocycles. The van der Waals surface area contributed by atoms with E-state index >= 15 is 0 Å². The van der Waals surface area contributed by atoms with E-state index in [1.165, 1.54) is 11.8 Å². The molecule has 0 N–H and O–H groups in total. The third-order valence-electron chi connectivity index (χ3n) is 2.51. The Morgan fingerprint density at radius 3 is 2.44 bits per heavy atom. The van der Waals surface area contributed by atoms with Gasteiger partial charge in [-0.2, -0.15) is 18.1 Å². The van der Waals surface area contributed by atoms with E-state index < -0.39 is 11.7 Å². The second-order valence-corrected chi connectivity index (χ2v) is 5.35. The van der Waals surface area contributed by atoms with Gasteiger partial charge in [0, 0.05) is 11.8 Å². The van der Waals surface area contributed by atoms with Crippen LogP contribution in [0, 0.1) is 0 Å². The van der Waals surface area contributed by atoms with Crippen LogP contribution in [-0.4, -0.2) is 23.0 Å². The second kappa shape index (κ2) is 4.30. The maximum atomic E-state index is 12.8. The van der Waals surface area contributed by atoms with Gasteiger partial charge in [-0.25, -0.2) is 0 Å². The summed E-state index contributed by atoms with van der Waals surface area (Å²) in [7, 11) is 0. The van der Waals surface area contributed by atoms with Crippen LogP contribution in [0.1, 0.15) is 17.9 Å². The Labute approximate surface area is 96.6 Å². The average Bonchev–Trinajstić information content (AvgIpc) is 2.61. The lowest BCUT2D eigenvalue weighted by molar-refractivity contribution is -0.247. The molecule has 5 heteroatoms. The minimum atomic E-state index is -4.25. The number of nitrogens with zero attached hydrogens (tertiary/aromatic N) is 1. The van der Waals surface area contributed by atoms with E-state index in [4.69, 9.17) is 0 Å². The molecular formula is C11H12F3NS. The van der Waals surface area contributed by atoms with Crippen LogP contribution in [0.2, 0.25) is 0 Å². The van der Waals surface area contributed by atoms with Crippen molar-refractivity contribution < 1.29 is 13.2 Å². The summed E-state index contributed by atoms with van der Waals surface area (Å²) in [6, 6.07) is 8.84. The molecule has 16 heavy (non-hydrogen) atoms. The van der Waals surface area contributed by atoms with Crippen molar-refractivity contribution in [3.05, 3.63) is 35.9 Å². The minimum Gasteiger partial charge on any atom is -0.197 e. The van der Waals surface area contributed by atoms with Gasteiger partial charge in [-0.3, -0.25) is 0 Å². The number of hydrogen-bond donors (Lipinski definition) is 0. The maximum absolute atomic E-state index is 12.8. The summed E-state index contributed by atoms with van der Waals surface area (Å²) in [6.45, 7) is 1.89. The third kappa shape index (κ3) is 2.35. The molecule has 0 aromatic heterocycles. The van der Waals surface area contributed by atoms with Crippen molar-refractivity contribution in [2.45, 2.75) is 23.8 Å². The van der Waals surface area contributed by atoms with Crippen LogP contribution >= 0.6 is 11.8 Å². The van der Waals surface area contributed by atoms with Gasteiger partial charge in [-0.05, 0) is 5.56 Å². The topological polar surface area (TPSA) is 3.24 Å². The molecule has 1 saturated heterocycles. The normalized spacial score (nSPS) is 27.2. The monoisotopic (exact) mass is 247 g/mol. The number of hydrogen-bond acceptors (Lipinski definition) is 2. The summed E-state index contributed by atoms with van der Waals surface area (Å²) in [5, 5.41) is -0.594. The van der Waals surface area contributed by atoms with E-state index in [0.717, 1.165) is 0 Å². The standard InChI is InChI=1S/C11H12F3NS/c1-8-7-15(11(12,13)14)10(16-8)9-5-3-2-4-6-9/h2-6,8,10H,7H2,1H3. The molecule has 0 amide bonds. The molecule has 2 rings (SSSR count). The van der Waals surface area contributed by atoms with Gasteiger partial charge in [0.05, 0.1) is 5.37 Å². The first-order valence-electron chi connectivity index (χ1n) is 5.02. The Kier molecular flexibility index (Phi) is 3.17. The van der Waals surface area contributed by atoms with Crippen molar-refractivity contribution >= 4 is 11.8 Å². The smallest absolute Gasteiger partial charge is 0.197 e. The first-order chi connectivity index (χ1) is 7.48. The second-order valence-electron chi connectivity index (χ2n) is 3.83. The molecule has 88 valence electrons.